The predicted molar refractivity (Wildman–Crippen MR) is 330 cm³/mol. The van der Waals surface area contributed by atoms with Gasteiger partial charge in [0.2, 0.25) is 0 Å². The zero-order valence-electron chi connectivity index (χ0n) is 53.1. The van der Waals surface area contributed by atoms with E-state index in [1.807, 2.05) is 21.1 Å². The third-order valence-electron chi connectivity index (χ3n) is 16.1. The molecule has 0 fully saturated rings. The number of ether oxygens (including phenoxy) is 4. The summed E-state index contributed by atoms with van der Waals surface area (Å²) in [5.74, 6) is -2.24. The standard InChI is InChI=1S/C69H135NO8/c1-6-8-10-12-14-16-18-20-22-24-26-28-30-32-33-34-35-36-38-40-42-44-46-48-50-52-54-56-58-60-67(72)78-65(64-77-69(68(73)74)75-62-61-70(3,4)5)63-76-66(71)59-57-55-53-51-49-47-45-43-41-39-37-31-29-27-25-23-21-19-17-15-13-11-9-7-2/h65,69H,6-64H2,1-5H3. The Morgan fingerprint density at radius 1 is 0.333 bits per heavy atom. The maximum Gasteiger partial charge on any atom is 0.306 e. The number of nitrogens with zero attached hydrogens (tertiary/aromatic N) is 1. The highest BCUT2D eigenvalue weighted by molar-refractivity contribution is 5.70. The third kappa shape index (κ3) is 61.9. The molecule has 0 bridgehead atoms. The van der Waals surface area contributed by atoms with Crippen LogP contribution in [-0.2, 0) is 33.3 Å². The number of hydrogen-bond donors (Lipinski definition) is 0. The Hall–Kier alpha value is -1.71. The molecule has 0 aliphatic heterocycles. The highest BCUT2D eigenvalue weighted by Crippen LogP contribution is 2.19. The number of carboxylic acids is 1. The van der Waals surface area contributed by atoms with Gasteiger partial charge in [-0.25, -0.2) is 0 Å². The Kier molecular flexibility index (Phi) is 60.0. The SMILES string of the molecule is CCCCCCCCCCCCCCCCCCCCCCCCCCCCCCCC(=O)OC(COC(=O)CCCCCCCCCCCCCCCCCCCCCCCCCC)COC(OCC[N+](C)(C)C)C(=O)[O-]. The lowest BCUT2D eigenvalue weighted by Crippen LogP contribution is -2.44. The highest BCUT2D eigenvalue weighted by Gasteiger charge is 2.22. The summed E-state index contributed by atoms with van der Waals surface area (Å²) in [6.07, 6.45) is 69.0. The van der Waals surface area contributed by atoms with Crippen LogP contribution in [0.3, 0.4) is 0 Å². The van der Waals surface area contributed by atoms with Gasteiger partial charge in [0, 0.05) is 12.8 Å². The van der Waals surface area contributed by atoms with Gasteiger partial charge >= 0.3 is 11.9 Å². The second kappa shape index (κ2) is 61.4. The summed E-state index contributed by atoms with van der Waals surface area (Å²) >= 11 is 0. The van der Waals surface area contributed by atoms with E-state index in [0.29, 0.717) is 17.4 Å². The molecule has 78 heavy (non-hydrogen) atoms. The number of rotatable bonds is 66. The van der Waals surface area contributed by atoms with E-state index in [1.165, 1.54) is 302 Å². The maximum absolute atomic E-state index is 12.9. The number of likely N-dealkylation sites (N-methyl/N-ethyl adjacent to an activating group) is 1. The van der Waals surface area contributed by atoms with Gasteiger partial charge in [0.25, 0.3) is 0 Å². The average Bonchev–Trinajstić information content (AvgIpc) is 3.41. The second-order valence-electron chi connectivity index (χ2n) is 25.2. The lowest BCUT2D eigenvalue weighted by atomic mass is 10.0. The number of aliphatic carboxylic acids is 1. The molecule has 0 aliphatic carbocycles. The summed E-state index contributed by atoms with van der Waals surface area (Å²) in [5.41, 5.74) is 0. The molecule has 0 aliphatic rings. The van der Waals surface area contributed by atoms with Crippen molar-refractivity contribution in [2.75, 3.05) is 47.5 Å². The van der Waals surface area contributed by atoms with Crippen LogP contribution in [0, 0.1) is 0 Å². The minimum atomic E-state index is -1.62. The van der Waals surface area contributed by atoms with Crippen molar-refractivity contribution in [3.63, 3.8) is 0 Å². The first-order valence-electron chi connectivity index (χ1n) is 34.7. The molecule has 2 unspecified atom stereocenters. The molecule has 0 radical (unpaired) electrons. The Morgan fingerprint density at radius 3 is 0.821 bits per heavy atom. The summed E-state index contributed by atoms with van der Waals surface area (Å²) in [6.45, 7) is 4.84. The van der Waals surface area contributed by atoms with E-state index in [0.717, 1.165) is 38.5 Å². The molecule has 9 nitrogen and oxygen atoms in total. The van der Waals surface area contributed by atoms with Crippen molar-refractivity contribution in [3.8, 4) is 0 Å². The molecule has 464 valence electrons. The molecule has 0 aromatic heterocycles. The van der Waals surface area contributed by atoms with E-state index in [9.17, 15) is 19.5 Å². The van der Waals surface area contributed by atoms with Crippen LogP contribution >= 0.6 is 0 Å². The van der Waals surface area contributed by atoms with Crippen molar-refractivity contribution in [1.29, 1.82) is 0 Å². The van der Waals surface area contributed by atoms with Gasteiger partial charge in [-0.2, -0.15) is 0 Å². The van der Waals surface area contributed by atoms with Crippen LogP contribution in [0.15, 0.2) is 0 Å². The molecule has 0 heterocycles. The number of carbonyl (C=O) groups is 3. The van der Waals surface area contributed by atoms with Crippen molar-refractivity contribution in [2.45, 2.75) is 379 Å². The lowest BCUT2D eigenvalue weighted by molar-refractivity contribution is -0.870. The summed E-state index contributed by atoms with van der Waals surface area (Å²) in [6, 6.07) is 0. The number of carboxylic acid groups (broad SMARTS) is 1. The van der Waals surface area contributed by atoms with Gasteiger partial charge in [0.05, 0.1) is 40.3 Å². The van der Waals surface area contributed by atoms with Crippen LogP contribution in [0.4, 0.5) is 0 Å². The van der Waals surface area contributed by atoms with Crippen LogP contribution < -0.4 is 5.11 Å². The normalized spacial score (nSPS) is 12.6. The fraction of sp³-hybridized carbons (Fsp3) is 0.957. The van der Waals surface area contributed by atoms with Gasteiger partial charge in [-0.1, -0.05) is 341 Å². The first kappa shape index (κ1) is 76.3. The topological polar surface area (TPSA) is 111 Å². The number of unbranched alkanes of at least 4 members (excludes halogenated alkanes) is 51. The molecule has 0 rings (SSSR count). The van der Waals surface area contributed by atoms with Crippen LogP contribution in [-0.4, -0.2) is 82.3 Å². The van der Waals surface area contributed by atoms with Crippen molar-refractivity contribution in [1.82, 2.24) is 0 Å². The monoisotopic (exact) mass is 1110 g/mol. The average molecular weight is 1110 g/mol. The number of quaternary nitrogens is 1. The van der Waals surface area contributed by atoms with Gasteiger partial charge in [0.15, 0.2) is 12.4 Å². The second-order valence-corrected chi connectivity index (χ2v) is 25.2. The molecule has 0 saturated heterocycles. The van der Waals surface area contributed by atoms with Gasteiger partial charge in [-0.15, -0.1) is 0 Å². The van der Waals surface area contributed by atoms with Crippen molar-refractivity contribution >= 4 is 17.9 Å². The van der Waals surface area contributed by atoms with Crippen molar-refractivity contribution in [2.24, 2.45) is 0 Å². The first-order chi connectivity index (χ1) is 38.1. The van der Waals surface area contributed by atoms with Crippen LogP contribution in [0.2, 0.25) is 0 Å². The Labute approximate surface area is 485 Å². The number of carbonyl (C=O) groups excluding carboxylic acids is 3. The summed E-state index contributed by atoms with van der Waals surface area (Å²) in [7, 11) is 5.95. The van der Waals surface area contributed by atoms with Crippen molar-refractivity contribution in [3.05, 3.63) is 0 Å². The van der Waals surface area contributed by atoms with Gasteiger partial charge in [-0.3, -0.25) is 9.59 Å². The summed E-state index contributed by atoms with van der Waals surface area (Å²) in [5, 5.41) is 11.8. The van der Waals surface area contributed by atoms with Crippen molar-refractivity contribution < 1.29 is 42.9 Å². The third-order valence-corrected chi connectivity index (χ3v) is 16.1. The van der Waals surface area contributed by atoms with E-state index in [4.69, 9.17) is 18.9 Å². The van der Waals surface area contributed by atoms with E-state index >= 15 is 0 Å². The minimum Gasteiger partial charge on any atom is -0.545 e. The van der Waals surface area contributed by atoms with Gasteiger partial charge in [-0.05, 0) is 12.8 Å². The van der Waals surface area contributed by atoms with Gasteiger partial charge < -0.3 is 33.3 Å². The largest absolute Gasteiger partial charge is 0.545 e. The fourth-order valence-corrected chi connectivity index (χ4v) is 10.8. The predicted octanol–water partition coefficient (Wildman–Crippen LogP) is 19.8. The molecule has 2 atom stereocenters. The Bertz CT molecular complexity index is 1240. The van der Waals surface area contributed by atoms with E-state index in [1.54, 1.807) is 0 Å². The van der Waals surface area contributed by atoms with E-state index in [-0.39, 0.29) is 32.2 Å². The molecule has 9 heteroatoms. The highest BCUT2D eigenvalue weighted by atomic mass is 16.7. The van der Waals surface area contributed by atoms with E-state index in [2.05, 4.69) is 13.8 Å². The van der Waals surface area contributed by atoms with Crippen LogP contribution in [0.1, 0.15) is 367 Å². The quantitative estimate of drug-likeness (QED) is 0.0256. The molecule has 0 spiro atoms. The fourth-order valence-electron chi connectivity index (χ4n) is 10.8. The molecule has 0 amide bonds. The summed E-state index contributed by atoms with van der Waals surface area (Å²) < 4.78 is 22.8. The maximum atomic E-state index is 12.9. The first-order valence-corrected chi connectivity index (χ1v) is 34.7. The van der Waals surface area contributed by atoms with Crippen LogP contribution in [0.5, 0.6) is 0 Å². The summed E-state index contributed by atoms with van der Waals surface area (Å²) in [4.78, 5) is 37.5. The van der Waals surface area contributed by atoms with Gasteiger partial charge in [0.1, 0.15) is 13.2 Å². The Balaban J connectivity index is 4.05. The zero-order chi connectivity index (χ0) is 56.9. The zero-order valence-corrected chi connectivity index (χ0v) is 53.1. The Morgan fingerprint density at radius 2 is 0.577 bits per heavy atom. The molecule has 0 N–H and O–H groups in total. The number of hydrogen-bond acceptors (Lipinski definition) is 8. The number of esters is 2. The molecular weight excluding hydrogens is 971 g/mol. The van der Waals surface area contributed by atoms with Crippen LogP contribution in [0.25, 0.3) is 0 Å². The lowest BCUT2D eigenvalue weighted by Gasteiger charge is -2.26. The minimum absolute atomic E-state index is 0.154. The molecule has 0 saturated carbocycles. The smallest absolute Gasteiger partial charge is 0.306 e. The molecule has 0 aromatic rings. The molecule has 0 aromatic carbocycles. The van der Waals surface area contributed by atoms with E-state index < -0.39 is 24.3 Å². The molecular formula is C69H135NO8.